The van der Waals surface area contributed by atoms with Gasteiger partial charge in [0.15, 0.2) is 0 Å². The molecule has 1 aromatic heterocycles. The quantitative estimate of drug-likeness (QED) is 0.698. The molecule has 0 radical (unpaired) electrons. The first-order valence-electron chi connectivity index (χ1n) is 4.97. The molecule has 0 saturated heterocycles. The number of aromatic amines is 1. The summed E-state index contributed by atoms with van der Waals surface area (Å²) in [7, 11) is -3.81. The lowest BCUT2D eigenvalue weighted by Crippen LogP contribution is -2.15. The number of sulfonamides is 1. The van der Waals surface area contributed by atoms with Crippen molar-refractivity contribution in [3.05, 3.63) is 46.4 Å². The van der Waals surface area contributed by atoms with Crippen molar-refractivity contribution in [1.82, 2.24) is 9.78 Å². The van der Waals surface area contributed by atoms with Gasteiger partial charge in [-0.1, -0.05) is 0 Å². The Morgan fingerprint density at radius 3 is 2.26 bits per heavy atom. The smallest absolute Gasteiger partial charge is 0.353 e. The number of primary sulfonamides is 1. The predicted molar refractivity (Wildman–Crippen MR) is 64.7 cm³/mol. The van der Waals surface area contributed by atoms with Crippen LogP contribution in [-0.2, 0) is 10.0 Å². The molecule has 0 aliphatic carbocycles. The van der Waals surface area contributed by atoms with E-state index in [0.717, 1.165) is 10.7 Å². The molecule has 2 rings (SSSR count). The number of nitrogens with two attached hydrogens (primary N) is 1. The predicted octanol–water partition coefficient (Wildman–Crippen LogP) is -0.489. The number of nitrogens with one attached hydrogen (secondary N) is 1. The summed E-state index contributed by atoms with van der Waals surface area (Å²) in [6.45, 7) is 0. The maximum atomic E-state index is 11.6. The first kappa shape index (κ1) is 13.1. The largest absolute Gasteiger partial charge is 0.477 e. The van der Waals surface area contributed by atoms with Gasteiger partial charge in [-0.2, -0.15) is 0 Å². The lowest BCUT2D eigenvalue weighted by Gasteiger charge is -2.03. The van der Waals surface area contributed by atoms with Gasteiger partial charge in [-0.05, 0) is 24.3 Å². The minimum Gasteiger partial charge on any atom is -0.477 e. The van der Waals surface area contributed by atoms with Crippen molar-refractivity contribution in [3.8, 4) is 5.69 Å². The maximum absolute atomic E-state index is 11.6. The monoisotopic (exact) mass is 283 g/mol. The van der Waals surface area contributed by atoms with Gasteiger partial charge in [-0.15, -0.1) is 0 Å². The van der Waals surface area contributed by atoms with E-state index in [-0.39, 0.29) is 10.6 Å². The van der Waals surface area contributed by atoms with Crippen LogP contribution in [0.4, 0.5) is 0 Å². The summed E-state index contributed by atoms with van der Waals surface area (Å²) >= 11 is 0. The Morgan fingerprint density at radius 1 is 1.26 bits per heavy atom. The van der Waals surface area contributed by atoms with Crippen LogP contribution >= 0.6 is 0 Å². The van der Waals surface area contributed by atoms with Crippen LogP contribution in [-0.4, -0.2) is 29.3 Å². The number of rotatable bonds is 3. The Kier molecular flexibility index (Phi) is 3.00. The average Bonchev–Trinajstić information content (AvgIpc) is 2.70. The van der Waals surface area contributed by atoms with Crippen LogP contribution in [0, 0.1) is 0 Å². The Hall–Kier alpha value is -2.39. The van der Waals surface area contributed by atoms with E-state index in [9.17, 15) is 18.0 Å². The molecule has 0 bridgehead atoms. The van der Waals surface area contributed by atoms with E-state index in [1.807, 2.05) is 0 Å². The number of carbonyl (C=O) groups is 1. The van der Waals surface area contributed by atoms with Crippen molar-refractivity contribution in [3.63, 3.8) is 0 Å². The third-order valence-electron chi connectivity index (χ3n) is 2.37. The van der Waals surface area contributed by atoms with Gasteiger partial charge < -0.3 is 5.11 Å². The van der Waals surface area contributed by atoms with Crippen LogP contribution in [0.1, 0.15) is 10.5 Å². The summed E-state index contributed by atoms with van der Waals surface area (Å²) in [5.74, 6) is -1.27. The van der Waals surface area contributed by atoms with E-state index in [0.29, 0.717) is 5.69 Å². The Bertz CT molecular complexity index is 785. The fourth-order valence-electron chi connectivity index (χ4n) is 1.48. The van der Waals surface area contributed by atoms with Gasteiger partial charge in [-0.25, -0.2) is 23.0 Å². The Balaban J connectivity index is 2.49. The maximum Gasteiger partial charge on any atom is 0.353 e. The molecular formula is C10H9N3O5S. The van der Waals surface area contributed by atoms with Crippen molar-refractivity contribution in [2.45, 2.75) is 4.90 Å². The molecule has 0 aliphatic heterocycles. The van der Waals surface area contributed by atoms with Gasteiger partial charge in [0.05, 0.1) is 10.6 Å². The number of carboxylic acids is 1. The zero-order valence-electron chi connectivity index (χ0n) is 9.40. The van der Waals surface area contributed by atoms with E-state index in [1.54, 1.807) is 0 Å². The molecule has 0 aliphatic rings. The van der Waals surface area contributed by atoms with E-state index < -0.39 is 21.6 Å². The molecule has 0 saturated carbocycles. The van der Waals surface area contributed by atoms with Gasteiger partial charge in [0.2, 0.25) is 10.0 Å². The Morgan fingerprint density at radius 2 is 1.84 bits per heavy atom. The van der Waals surface area contributed by atoms with E-state index in [4.69, 9.17) is 10.2 Å². The van der Waals surface area contributed by atoms with Crippen molar-refractivity contribution in [2.75, 3.05) is 0 Å². The topological polar surface area (TPSA) is 135 Å². The molecule has 1 aromatic carbocycles. The highest BCUT2D eigenvalue weighted by Crippen LogP contribution is 2.10. The summed E-state index contributed by atoms with van der Waals surface area (Å²) in [6, 6.07) is 6.04. The van der Waals surface area contributed by atoms with E-state index >= 15 is 0 Å². The lowest BCUT2D eigenvalue weighted by atomic mass is 10.3. The Labute approximate surface area is 107 Å². The standard InChI is InChI=1S/C10H9N3O5S/c11-19(17,18)7-3-1-6(2-4-7)13-9(14)5-8(12-13)10(15)16/h1-5,12H,(H,15,16)(H2,11,17,18). The number of carboxylic acid groups (broad SMARTS) is 1. The molecule has 0 amide bonds. The molecule has 19 heavy (non-hydrogen) atoms. The number of benzene rings is 1. The molecule has 0 spiro atoms. The van der Waals surface area contributed by atoms with Crippen LogP contribution in [0.15, 0.2) is 40.0 Å². The zero-order valence-corrected chi connectivity index (χ0v) is 10.2. The van der Waals surface area contributed by atoms with E-state index in [1.165, 1.54) is 24.3 Å². The fourth-order valence-corrected chi connectivity index (χ4v) is 2.00. The second kappa shape index (κ2) is 4.37. The highest BCUT2D eigenvalue weighted by atomic mass is 32.2. The summed E-state index contributed by atoms with van der Waals surface area (Å²) in [5.41, 5.74) is -0.536. The molecular weight excluding hydrogens is 274 g/mol. The summed E-state index contributed by atoms with van der Waals surface area (Å²) in [5, 5.41) is 16.1. The van der Waals surface area contributed by atoms with Crippen molar-refractivity contribution < 1.29 is 18.3 Å². The van der Waals surface area contributed by atoms with Gasteiger partial charge in [0, 0.05) is 6.07 Å². The fraction of sp³-hybridized carbons (Fsp3) is 0. The van der Waals surface area contributed by atoms with E-state index in [2.05, 4.69) is 5.10 Å². The molecule has 0 fully saturated rings. The third-order valence-corrected chi connectivity index (χ3v) is 3.30. The van der Waals surface area contributed by atoms with Crippen LogP contribution in [0.2, 0.25) is 0 Å². The van der Waals surface area contributed by atoms with Crippen molar-refractivity contribution in [1.29, 1.82) is 0 Å². The number of nitrogens with zero attached hydrogens (tertiary/aromatic N) is 1. The van der Waals surface area contributed by atoms with Gasteiger partial charge in [-0.3, -0.25) is 9.89 Å². The van der Waals surface area contributed by atoms with Crippen LogP contribution < -0.4 is 10.7 Å². The van der Waals surface area contributed by atoms with Crippen LogP contribution in [0.5, 0.6) is 0 Å². The van der Waals surface area contributed by atoms with Gasteiger partial charge >= 0.3 is 5.97 Å². The number of aromatic carboxylic acids is 1. The first-order valence-corrected chi connectivity index (χ1v) is 6.52. The lowest BCUT2D eigenvalue weighted by molar-refractivity contribution is 0.0690. The number of hydrogen-bond acceptors (Lipinski definition) is 4. The summed E-state index contributed by atoms with van der Waals surface area (Å²) < 4.78 is 23.1. The molecule has 4 N–H and O–H groups in total. The molecule has 0 unspecified atom stereocenters. The molecule has 2 aromatic rings. The second-order valence-corrected chi connectivity index (χ2v) is 5.25. The summed E-state index contributed by atoms with van der Waals surface area (Å²) in [4.78, 5) is 22.2. The van der Waals surface area contributed by atoms with Gasteiger partial charge in [0.1, 0.15) is 5.69 Å². The average molecular weight is 283 g/mol. The molecule has 1 heterocycles. The number of aromatic nitrogens is 2. The third kappa shape index (κ3) is 2.56. The normalized spacial score (nSPS) is 11.4. The minimum absolute atomic E-state index is 0.102. The number of H-pyrrole nitrogens is 1. The van der Waals surface area contributed by atoms with Gasteiger partial charge in [0.25, 0.3) is 5.56 Å². The molecule has 0 atom stereocenters. The first-order chi connectivity index (χ1) is 8.79. The van der Waals surface area contributed by atoms with Crippen LogP contribution in [0.25, 0.3) is 5.69 Å². The molecule has 100 valence electrons. The molecule has 8 nitrogen and oxygen atoms in total. The van der Waals surface area contributed by atoms with Crippen molar-refractivity contribution in [2.24, 2.45) is 5.14 Å². The minimum atomic E-state index is -3.81. The summed E-state index contributed by atoms with van der Waals surface area (Å²) in [6.07, 6.45) is 0. The SMILES string of the molecule is NS(=O)(=O)c1ccc(-n2[nH]c(C(=O)O)cc2=O)cc1. The number of hydrogen-bond donors (Lipinski definition) is 3. The van der Waals surface area contributed by atoms with Crippen molar-refractivity contribution >= 4 is 16.0 Å². The highest BCUT2D eigenvalue weighted by molar-refractivity contribution is 7.89. The highest BCUT2D eigenvalue weighted by Gasteiger charge is 2.12. The van der Waals surface area contributed by atoms with Crippen LogP contribution in [0.3, 0.4) is 0 Å². The molecule has 9 heteroatoms. The zero-order chi connectivity index (χ0) is 14.2. The second-order valence-electron chi connectivity index (χ2n) is 3.69.